The minimum Gasteiger partial charge on any atom is -0.388 e. The summed E-state index contributed by atoms with van der Waals surface area (Å²) in [6.07, 6.45) is 0.839. The molecule has 122 valence electrons. The van der Waals surface area contributed by atoms with Crippen LogP contribution >= 0.6 is 0 Å². The molecule has 1 fully saturated rings. The Balaban J connectivity index is 2.21. The molecule has 1 aliphatic rings. The standard InChI is InChI=1S/C12H17N3O6S/c13-22(19,20)9-1-2-10(11(7-9)15(17)18)14-8-12(16)3-5-21-6-4-12/h1-2,7,14,16H,3-6,8H2,(H2,13,19,20). The Morgan fingerprint density at radius 3 is 2.59 bits per heavy atom. The average Bonchev–Trinajstić information content (AvgIpc) is 2.44. The number of ether oxygens (including phenoxy) is 1. The Bertz CT molecular complexity index is 669. The van der Waals surface area contributed by atoms with E-state index in [-0.39, 0.29) is 17.1 Å². The van der Waals surface area contributed by atoms with Gasteiger partial charge in [0.1, 0.15) is 5.69 Å². The minimum absolute atomic E-state index is 0.103. The zero-order chi connectivity index (χ0) is 16.4. The maximum atomic E-state index is 11.3. The molecule has 4 N–H and O–H groups in total. The molecule has 0 amide bonds. The summed E-state index contributed by atoms with van der Waals surface area (Å²) in [6, 6.07) is 3.34. The number of nitro groups is 1. The molecule has 0 aliphatic carbocycles. The summed E-state index contributed by atoms with van der Waals surface area (Å²) in [5.74, 6) is 0. The quantitative estimate of drug-likeness (QED) is 0.516. The Hall–Kier alpha value is -1.75. The second-order valence-corrected chi connectivity index (χ2v) is 6.73. The minimum atomic E-state index is -4.02. The van der Waals surface area contributed by atoms with Crippen molar-refractivity contribution < 1.29 is 23.2 Å². The number of nitro benzene ring substituents is 1. The summed E-state index contributed by atoms with van der Waals surface area (Å²) in [7, 11) is -4.02. The van der Waals surface area contributed by atoms with Crippen molar-refractivity contribution in [1.29, 1.82) is 0 Å². The van der Waals surface area contributed by atoms with Gasteiger partial charge in [-0.1, -0.05) is 0 Å². The van der Waals surface area contributed by atoms with Crippen molar-refractivity contribution in [3.63, 3.8) is 0 Å². The van der Waals surface area contributed by atoms with Gasteiger partial charge in [0.15, 0.2) is 0 Å². The molecule has 22 heavy (non-hydrogen) atoms. The van der Waals surface area contributed by atoms with Crippen molar-refractivity contribution in [2.45, 2.75) is 23.3 Å². The van der Waals surface area contributed by atoms with Crippen LogP contribution in [0.3, 0.4) is 0 Å². The fraction of sp³-hybridized carbons (Fsp3) is 0.500. The highest BCUT2D eigenvalue weighted by atomic mass is 32.2. The zero-order valence-corrected chi connectivity index (χ0v) is 12.5. The van der Waals surface area contributed by atoms with Gasteiger partial charge in [-0.3, -0.25) is 10.1 Å². The Kier molecular flexibility index (Phi) is 4.66. The highest BCUT2D eigenvalue weighted by Gasteiger charge is 2.30. The maximum absolute atomic E-state index is 11.3. The van der Waals surface area contributed by atoms with Gasteiger partial charge in [-0.2, -0.15) is 0 Å². The summed E-state index contributed by atoms with van der Waals surface area (Å²) in [4.78, 5) is 10.0. The van der Waals surface area contributed by atoms with E-state index in [1.807, 2.05) is 0 Å². The van der Waals surface area contributed by atoms with Crippen molar-refractivity contribution in [2.24, 2.45) is 5.14 Å². The van der Waals surface area contributed by atoms with E-state index in [0.717, 1.165) is 6.07 Å². The normalized spacial score (nSPS) is 17.9. The predicted molar refractivity (Wildman–Crippen MR) is 78.0 cm³/mol. The summed E-state index contributed by atoms with van der Waals surface area (Å²) in [5, 5.41) is 29.2. The highest BCUT2D eigenvalue weighted by Crippen LogP contribution is 2.29. The molecule has 2 rings (SSSR count). The molecule has 1 aliphatic heterocycles. The van der Waals surface area contributed by atoms with Crippen LogP contribution in [-0.2, 0) is 14.8 Å². The lowest BCUT2D eigenvalue weighted by Gasteiger charge is -2.32. The molecule has 1 aromatic carbocycles. The number of benzene rings is 1. The second kappa shape index (κ2) is 6.16. The number of nitrogens with two attached hydrogens (primary N) is 1. The first-order valence-electron chi connectivity index (χ1n) is 6.57. The van der Waals surface area contributed by atoms with E-state index in [1.165, 1.54) is 12.1 Å². The first kappa shape index (κ1) is 16.6. The third-order valence-corrected chi connectivity index (χ3v) is 4.44. The molecule has 0 spiro atoms. The van der Waals surface area contributed by atoms with Crippen molar-refractivity contribution in [2.75, 3.05) is 25.1 Å². The van der Waals surface area contributed by atoms with Crippen LogP contribution in [0.2, 0.25) is 0 Å². The Labute approximate surface area is 127 Å². The molecule has 9 nitrogen and oxygen atoms in total. The number of sulfonamides is 1. The van der Waals surface area contributed by atoms with Gasteiger partial charge in [0.25, 0.3) is 5.69 Å². The molecule has 0 aromatic heterocycles. The SMILES string of the molecule is NS(=O)(=O)c1ccc(NCC2(O)CCOCC2)c([N+](=O)[O-])c1. The van der Waals surface area contributed by atoms with Gasteiger partial charge in [0, 0.05) is 38.7 Å². The van der Waals surface area contributed by atoms with E-state index >= 15 is 0 Å². The molecule has 10 heteroatoms. The third kappa shape index (κ3) is 3.91. The molecule has 0 bridgehead atoms. The van der Waals surface area contributed by atoms with E-state index < -0.39 is 26.2 Å². The first-order valence-corrected chi connectivity index (χ1v) is 8.11. The van der Waals surface area contributed by atoms with Crippen LogP contribution in [0, 0.1) is 10.1 Å². The van der Waals surface area contributed by atoms with Gasteiger partial charge < -0.3 is 15.2 Å². The number of anilines is 1. The summed E-state index contributed by atoms with van der Waals surface area (Å²) in [5.41, 5.74) is -1.30. The Morgan fingerprint density at radius 2 is 2.05 bits per heavy atom. The van der Waals surface area contributed by atoms with E-state index in [2.05, 4.69) is 5.32 Å². The van der Waals surface area contributed by atoms with Crippen LogP contribution in [0.25, 0.3) is 0 Å². The van der Waals surface area contributed by atoms with E-state index in [9.17, 15) is 23.6 Å². The first-order chi connectivity index (χ1) is 10.2. The van der Waals surface area contributed by atoms with Crippen LogP contribution in [0.1, 0.15) is 12.8 Å². The fourth-order valence-corrected chi connectivity index (χ4v) is 2.71. The van der Waals surface area contributed by atoms with Crippen LogP contribution in [0.15, 0.2) is 23.1 Å². The van der Waals surface area contributed by atoms with E-state index in [1.54, 1.807) is 0 Å². The molecular formula is C12H17N3O6S. The molecule has 0 unspecified atom stereocenters. The summed E-state index contributed by atoms with van der Waals surface area (Å²) < 4.78 is 27.7. The number of primary sulfonamides is 1. The zero-order valence-electron chi connectivity index (χ0n) is 11.7. The van der Waals surface area contributed by atoms with Gasteiger partial charge in [0.2, 0.25) is 10.0 Å². The van der Waals surface area contributed by atoms with Crippen LogP contribution in [0.5, 0.6) is 0 Å². The lowest BCUT2D eigenvalue weighted by atomic mass is 9.94. The Morgan fingerprint density at radius 1 is 1.41 bits per heavy atom. The highest BCUT2D eigenvalue weighted by molar-refractivity contribution is 7.89. The van der Waals surface area contributed by atoms with Crippen molar-refractivity contribution >= 4 is 21.4 Å². The summed E-state index contributed by atoms with van der Waals surface area (Å²) >= 11 is 0. The number of nitrogens with zero attached hydrogens (tertiary/aromatic N) is 1. The van der Waals surface area contributed by atoms with Gasteiger partial charge in [-0.05, 0) is 12.1 Å². The van der Waals surface area contributed by atoms with Crippen LogP contribution < -0.4 is 10.5 Å². The van der Waals surface area contributed by atoms with Gasteiger partial charge in [0.05, 0.1) is 15.4 Å². The number of hydrogen-bond donors (Lipinski definition) is 3. The largest absolute Gasteiger partial charge is 0.388 e. The smallest absolute Gasteiger partial charge is 0.293 e. The van der Waals surface area contributed by atoms with Crippen molar-refractivity contribution in [1.82, 2.24) is 0 Å². The molecule has 1 heterocycles. The van der Waals surface area contributed by atoms with Crippen LogP contribution in [0.4, 0.5) is 11.4 Å². The van der Waals surface area contributed by atoms with Gasteiger partial charge >= 0.3 is 0 Å². The molecule has 1 saturated heterocycles. The third-order valence-electron chi connectivity index (χ3n) is 3.53. The van der Waals surface area contributed by atoms with Gasteiger partial charge in [-0.15, -0.1) is 0 Å². The van der Waals surface area contributed by atoms with E-state index in [4.69, 9.17) is 9.88 Å². The fourth-order valence-electron chi connectivity index (χ4n) is 2.18. The second-order valence-electron chi connectivity index (χ2n) is 5.17. The number of rotatable bonds is 5. The summed E-state index contributed by atoms with van der Waals surface area (Å²) in [6.45, 7) is 0.946. The van der Waals surface area contributed by atoms with Crippen molar-refractivity contribution in [3.8, 4) is 0 Å². The lowest BCUT2D eigenvalue weighted by Crippen LogP contribution is -2.42. The van der Waals surface area contributed by atoms with Crippen LogP contribution in [-0.4, -0.2) is 43.8 Å². The average molecular weight is 331 g/mol. The monoisotopic (exact) mass is 331 g/mol. The number of nitrogens with one attached hydrogen (secondary N) is 1. The van der Waals surface area contributed by atoms with E-state index in [0.29, 0.717) is 26.1 Å². The topological polar surface area (TPSA) is 145 Å². The van der Waals surface area contributed by atoms with Crippen molar-refractivity contribution in [3.05, 3.63) is 28.3 Å². The molecule has 1 aromatic rings. The molecule has 0 atom stereocenters. The number of hydrogen-bond acceptors (Lipinski definition) is 7. The lowest BCUT2D eigenvalue weighted by molar-refractivity contribution is -0.384. The molecule has 0 radical (unpaired) electrons. The number of aliphatic hydroxyl groups is 1. The maximum Gasteiger partial charge on any atom is 0.293 e. The predicted octanol–water partition coefficient (Wildman–Crippen LogP) is 0.196. The molecule has 0 saturated carbocycles. The van der Waals surface area contributed by atoms with Gasteiger partial charge in [-0.25, -0.2) is 13.6 Å². The molecular weight excluding hydrogens is 314 g/mol.